The van der Waals surface area contributed by atoms with E-state index < -0.39 is 0 Å². The summed E-state index contributed by atoms with van der Waals surface area (Å²) in [6.45, 7) is 10.1. The largest absolute Gasteiger partial charge is 0.276 e. The number of hydrogen-bond acceptors (Lipinski definition) is 2. The van der Waals surface area contributed by atoms with E-state index in [4.69, 9.17) is 0 Å². The number of H-pyrrole nitrogens is 1. The van der Waals surface area contributed by atoms with E-state index in [9.17, 15) is 0 Å². The third-order valence-corrected chi connectivity index (χ3v) is 3.71. The third kappa shape index (κ3) is 4.05. The summed E-state index contributed by atoms with van der Waals surface area (Å²) < 4.78 is 0. The zero-order valence-corrected chi connectivity index (χ0v) is 14.3. The summed E-state index contributed by atoms with van der Waals surface area (Å²) in [7, 11) is 0. The van der Waals surface area contributed by atoms with Gasteiger partial charge < -0.3 is 0 Å². The van der Waals surface area contributed by atoms with Gasteiger partial charge in [-0.1, -0.05) is 64.1 Å². The zero-order chi connectivity index (χ0) is 15.7. The van der Waals surface area contributed by atoms with Crippen molar-refractivity contribution in [3.63, 3.8) is 0 Å². The number of thiophene rings is 1. The number of hydrogen-bond donors (Lipinski definition) is 1. The SMILES string of the molecule is CC.CC.Cc1c(-c2ccccc2)n[nH]c1-c1cccs1. The molecule has 2 aromatic heterocycles. The average molecular weight is 300 g/mol. The molecule has 2 nitrogen and oxygen atoms in total. The number of nitrogens with one attached hydrogen (secondary N) is 1. The van der Waals surface area contributed by atoms with Crippen LogP contribution in [0, 0.1) is 6.92 Å². The highest BCUT2D eigenvalue weighted by molar-refractivity contribution is 7.13. The summed E-state index contributed by atoms with van der Waals surface area (Å²) in [4.78, 5) is 1.23. The molecule has 1 N–H and O–H groups in total. The van der Waals surface area contributed by atoms with Gasteiger partial charge in [0.1, 0.15) is 0 Å². The van der Waals surface area contributed by atoms with Crippen molar-refractivity contribution in [2.24, 2.45) is 0 Å². The van der Waals surface area contributed by atoms with Crippen molar-refractivity contribution in [3.05, 3.63) is 53.4 Å². The van der Waals surface area contributed by atoms with Crippen molar-refractivity contribution >= 4 is 11.3 Å². The first-order valence-corrected chi connectivity index (χ1v) is 8.38. The van der Waals surface area contributed by atoms with Gasteiger partial charge >= 0.3 is 0 Å². The second kappa shape index (κ2) is 9.14. The Morgan fingerprint density at radius 2 is 1.57 bits per heavy atom. The average Bonchev–Trinajstić information content (AvgIpc) is 3.21. The lowest BCUT2D eigenvalue weighted by atomic mass is 10.1. The Kier molecular flexibility index (Phi) is 7.48. The Hall–Kier alpha value is -1.87. The highest BCUT2D eigenvalue weighted by atomic mass is 32.1. The van der Waals surface area contributed by atoms with E-state index in [1.165, 1.54) is 10.4 Å². The van der Waals surface area contributed by atoms with Crippen LogP contribution in [-0.2, 0) is 0 Å². The molecule has 0 amide bonds. The molecule has 112 valence electrons. The van der Waals surface area contributed by atoms with Crippen LogP contribution in [0.5, 0.6) is 0 Å². The maximum Gasteiger partial charge on any atom is 0.0956 e. The Morgan fingerprint density at radius 3 is 2.14 bits per heavy atom. The minimum atomic E-state index is 1.04. The van der Waals surface area contributed by atoms with Gasteiger partial charge in [0.05, 0.1) is 16.3 Å². The van der Waals surface area contributed by atoms with Crippen molar-refractivity contribution in [1.82, 2.24) is 10.2 Å². The van der Waals surface area contributed by atoms with E-state index in [1.54, 1.807) is 11.3 Å². The highest BCUT2D eigenvalue weighted by Gasteiger charge is 2.12. The van der Waals surface area contributed by atoms with E-state index in [-0.39, 0.29) is 0 Å². The lowest BCUT2D eigenvalue weighted by molar-refractivity contribution is 1.10. The highest BCUT2D eigenvalue weighted by Crippen LogP contribution is 2.31. The number of rotatable bonds is 2. The fraction of sp³-hybridized carbons (Fsp3) is 0.278. The normalized spacial score (nSPS) is 9.19. The fourth-order valence-corrected chi connectivity index (χ4v) is 2.71. The first-order chi connectivity index (χ1) is 10.4. The maximum atomic E-state index is 4.42. The van der Waals surface area contributed by atoms with Crippen molar-refractivity contribution < 1.29 is 0 Å². The molecule has 1 aromatic carbocycles. The van der Waals surface area contributed by atoms with Crippen LogP contribution in [-0.4, -0.2) is 10.2 Å². The molecule has 0 aliphatic heterocycles. The van der Waals surface area contributed by atoms with Crippen molar-refractivity contribution in [1.29, 1.82) is 0 Å². The van der Waals surface area contributed by atoms with Crippen LogP contribution in [0.2, 0.25) is 0 Å². The Morgan fingerprint density at radius 1 is 0.905 bits per heavy atom. The number of nitrogens with zero attached hydrogens (tertiary/aromatic N) is 1. The first-order valence-electron chi connectivity index (χ1n) is 7.50. The molecule has 0 saturated carbocycles. The molecule has 3 aromatic rings. The molecule has 0 saturated heterocycles. The van der Waals surface area contributed by atoms with E-state index in [0.29, 0.717) is 0 Å². The summed E-state index contributed by atoms with van der Waals surface area (Å²) in [5.41, 5.74) is 4.52. The van der Waals surface area contributed by atoms with Crippen LogP contribution in [0.15, 0.2) is 47.8 Å². The van der Waals surface area contributed by atoms with E-state index >= 15 is 0 Å². The second-order valence-corrected chi connectivity index (χ2v) is 4.86. The van der Waals surface area contributed by atoms with Crippen molar-refractivity contribution in [2.75, 3.05) is 0 Å². The fourth-order valence-electron chi connectivity index (χ4n) is 1.94. The van der Waals surface area contributed by atoms with Gasteiger partial charge in [-0.2, -0.15) is 5.10 Å². The third-order valence-electron chi connectivity index (χ3n) is 2.82. The Bertz CT molecular complexity index is 610. The maximum absolute atomic E-state index is 4.42. The van der Waals surface area contributed by atoms with Gasteiger partial charge in [-0.15, -0.1) is 11.3 Å². The molecule has 0 radical (unpaired) electrons. The molecule has 0 unspecified atom stereocenters. The minimum Gasteiger partial charge on any atom is -0.276 e. The quantitative estimate of drug-likeness (QED) is 0.602. The van der Waals surface area contributed by atoms with Crippen LogP contribution in [0.1, 0.15) is 33.3 Å². The van der Waals surface area contributed by atoms with Gasteiger partial charge in [0.25, 0.3) is 0 Å². The van der Waals surface area contributed by atoms with Crippen LogP contribution in [0.25, 0.3) is 21.8 Å². The van der Waals surface area contributed by atoms with Crippen molar-refractivity contribution in [3.8, 4) is 21.8 Å². The monoisotopic (exact) mass is 300 g/mol. The van der Waals surface area contributed by atoms with Gasteiger partial charge in [-0.3, -0.25) is 5.10 Å². The predicted molar refractivity (Wildman–Crippen MR) is 94.8 cm³/mol. The molecule has 3 rings (SSSR count). The van der Waals surface area contributed by atoms with Crippen LogP contribution in [0.3, 0.4) is 0 Å². The topological polar surface area (TPSA) is 28.7 Å². The summed E-state index contributed by atoms with van der Waals surface area (Å²) in [6.07, 6.45) is 0. The first kappa shape index (κ1) is 17.2. The van der Waals surface area contributed by atoms with Gasteiger partial charge in [0, 0.05) is 11.1 Å². The molecule has 0 aliphatic rings. The molecule has 0 fully saturated rings. The molecule has 21 heavy (non-hydrogen) atoms. The Balaban J connectivity index is 0.000000510. The number of aromatic amines is 1. The van der Waals surface area contributed by atoms with Gasteiger partial charge in [-0.05, 0) is 18.4 Å². The molecule has 3 heteroatoms. The second-order valence-electron chi connectivity index (χ2n) is 3.92. The molecule has 2 heterocycles. The molecule has 0 bridgehead atoms. The predicted octanol–water partition coefficient (Wildman–Crippen LogP) is 6.17. The van der Waals surface area contributed by atoms with Crippen LogP contribution < -0.4 is 0 Å². The smallest absolute Gasteiger partial charge is 0.0956 e. The zero-order valence-electron chi connectivity index (χ0n) is 13.5. The van der Waals surface area contributed by atoms with Crippen molar-refractivity contribution in [2.45, 2.75) is 34.6 Å². The van der Waals surface area contributed by atoms with E-state index in [2.05, 4.69) is 46.8 Å². The Labute approximate surface area is 131 Å². The molecular weight excluding hydrogens is 276 g/mol. The van der Waals surface area contributed by atoms with E-state index in [1.807, 2.05) is 45.9 Å². The van der Waals surface area contributed by atoms with Gasteiger partial charge in [0.15, 0.2) is 0 Å². The number of aromatic nitrogens is 2. The molecule has 0 atom stereocenters. The molecular formula is C18H24N2S. The molecule has 0 aliphatic carbocycles. The summed E-state index contributed by atoms with van der Waals surface area (Å²) in [5.74, 6) is 0. The minimum absolute atomic E-state index is 1.04. The van der Waals surface area contributed by atoms with Crippen LogP contribution >= 0.6 is 11.3 Å². The standard InChI is InChI=1S/C14H12N2S.2C2H6/c1-10-13(11-6-3-2-4-7-11)15-16-14(10)12-8-5-9-17-12;2*1-2/h2-9H,1H3,(H,15,16);2*1-2H3. The van der Waals surface area contributed by atoms with Crippen LogP contribution in [0.4, 0.5) is 0 Å². The molecule has 0 spiro atoms. The van der Waals surface area contributed by atoms with Gasteiger partial charge in [0.2, 0.25) is 0 Å². The summed E-state index contributed by atoms with van der Waals surface area (Å²) in [6, 6.07) is 14.4. The lowest BCUT2D eigenvalue weighted by Crippen LogP contribution is -1.80. The lowest BCUT2D eigenvalue weighted by Gasteiger charge is -1.98. The number of benzene rings is 1. The van der Waals surface area contributed by atoms with E-state index in [0.717, 1.165) is 17.0 Å². The summed E-state index contributed by atoms with van der Waals surface area (Å²) >= 11 is 1.73. The van der Waals surface area contributed by atoms with Gasteiger partial charge in [-0.25, -0.2) is 0 Å². The summed E-state index contributed by atoms with van der Waals surface area (Å²) in [5, 5.41) is 9.64.